The number of halogens is 2. The van der Waals surface area contributed by atoms with E-state index in [2.05, 4.69) is 6.92 Å². The third-order valence-electron chi connectivity index (χ3n) is 5.02. The standard InChI is InChI=1S/C16H20F2/c1-11-9-16(10-11)6-4-12(5-7-16)13-2-3-14(17)15(18)8-13/h2-3,8,11-12H,4-7,9-10H2,1H3. The molecule has 0 unspecified atom stereocenters. The molecule has 1 aromatic carbocycles. The Kier molecular flexibility index (Phi) is 2.91. The molecular weight excluding hydrogens is 230 g/mol. The minimum atomic E-state index is -0.737. The van der Waals surface area contributed by atoms with Gasteiger partial charge >= 0.3 is 0 Å². The lowest BCUT2D eigenvalue weighted by atomic mass is 9.55. The number of hydrogen-bond acceptors (Lipinski definition) is 0. The van der Waals surface area contributed by atoms with Gasteiger partial charge in [-0.1, -0.05) is 13.0 Å². The summed E-state index contributed by atoms with van der Waals surface area (Å²) in [4.78, 5) is 0. The molecule has 2 fully saturated rings. The molecule has 0 radical (unpaired) electrons. The van der Waals surface area contributed by atoms with E-state index in [1.54, 1.807) is 6.07 Å². The van der Waals surface area contributed by atoms with E-state index in [1.807, 2.05) is 0 Å². The first kappa shape index (κ1) is 12.1. The molecule has 0 heterocycles. The monoisotopic (exact) mass is 250 g/mol. The lowest BCUT2D eigenvalue weighted by Gasteiger charge is -2.51. The van der Waals surface area contributed by atoms with Gasteiger partial charge in [-0.2, -0.15) is 0 Å². The molecule has 2 saturated carbocycles. The topological polar surface area (TPSA) is 0 Å². The summed E-state index contributed by atoms with van der Waals surface area (Å²) in [5.41, 5.74) is 1.59. The van der Waals surface area contributed by atoms with Crippen molar-refractivity contribution in [3.63, 3.8) is 0 Å². The van der Waals surface area contributed by atoms with Crippen molar-refractivity contribution in [3.8, 4) is 0 Å². The van der Waals surface area contributed by atoms with Gasteiger partial charge < -0.3 is 0 Å². The summed E-state index contributed by atoms with van der Waals surface area (Å²) in [6, 6.07) is 4.41. The van der Waals surface area contributed by atoms with E-state index in [1.165, 1.54) is 37.8 Å². The first-order valence-electron chi connectivity index (χ1n) is 7.03. The molecule has 0 atom stereocenters. The van der Waals surface area contributed by atoms with Crippen LogP contribution in [-0.4, -0.2) is 0 Å². The Labute approximate surface area is 107 Å². The maximum Gasteiger partial charge on any atom is 0.159 e. The second-order valence-electron chi connectivity index (χ2n) is 6.46. The number of hydrogen-bond donors (Lipinski definition) is 0. The molecule has 1 aromatic rings. The lowest BCUT2D eigenvalue weighted by molar-refractivity contribution is 0.0185. The maximum atomic E-state index is 13.2. The van der Waals surface area contributed by atoms with Gasteiger partial charge in [-0.25, -0.2) is 8.78 Å². The molecule has 1 spiro atoms. The molecule has 0 aliphatic heterocycles. The largest absolute Gasteiger partial charge is 0.204 e. The highest BCUT2D eigenvalue weighted by Crippen LogP contribution is 2.56. The molecule has 18 heavy (non-hydrogen) atoms. The molecule has 0 saturated heterocycles. The van der Waals surface area contributed by atoms with Gasteiger partial charge in [-0.3, -0.25) is 0 Å². The van der Waals surface area contributed by atoms with Crippen LogP contribution in [0.25, 0.3) is 0 Å². The normalized spacial score (nSPS) is 35.5. The first-order valence-corrected chi connectivity index (χ1v) is 7.03. The first-order chi connectivity index (χ1) is 8.58. The molecule has 0 nitrogen and oxygen atoms in total. The zero-order valence-electron chi connectivity index (χ0n) is 10.9. The fraction of sp³-hybridized carbons (Fsp3) is 0.625. The minimum Gasteiger partial charge on any atom is -0.204 e. The van der Waals surface area contributed by atoms with Crippen molar-refractivity contribution in [3.05, 3.63) is 35.4 Å². The zero-order valence-corrected chi connectivity index (χ0v) is 10.9. The fourth-order valence-electron chi connectivity index (χ4n) is 4.16. The predicted molar refractivity (Wildman–Crippen MR) is 68.4 cm³/mol. The van der Waals surface area contributed by atoms with Crippen LogP contribution in [0.15, 0.2) is 18.2 Å². The van der Waals surface area contributed by atoms with Crippen LogP contribution in [0.1, 0.15) is 56.9 Å². The van der Waals surface area contributed by atoms with Crippen LogP contribution in [0.3, 0.4) is 0 Å². The predicted octanol–water partition coefficient (Wildman–Crippen LogP) is 5.04. The van der Waals surface area contributed by atoms with Gasteiger partial charge in [0.1, 0.15) is 0 Å². The highest BCUT2D eigenvalue weighted by Gasteiger charge is 2.44. The molecule has 0 amide bonds. The summed E-state index contributed by atoms with van der Waals surface area (Å²) >= 11 is 0. The SMILES string of the molecule is CC1CC2(CCC(c3ccc(F)c(F)c3)CC2)C1. The summed E-state index contributed by atoms with van der Waals surface area (Å²) in [6.45, 7) is 2.33. The highest BCUT2D eigenvalue weighted by molar-refractivity contribution is 5.22. The van der Waals surface area contributed by atoms with E-state index >= 15 is 0 Å². The van der Waals surface area contributed by atoms with E-state index in [9.17, 15) is 8.78 Å². The van der Waals surface area contributed by atoms with Crippen LogP contribution in [-0.2, 0) is 0 Å². The molecule has 0 aromatic heterocycles. The van der Waals surface area contributed by atoms with Crippen LogP contribution < -0.4 is 0 Å². The smallest absolute Gasteiger partial charge is 0.159 e. The van der Waals surface area contributed by atoms with Crippen LogP contribution in [0.4, 0.5) is 8.78 Å². The summed E-state index contributed by atoms with van der Waals surface area (Å²) < 4.78 is 26.2. The third kappa shape index (κ3) is 2.06. The van der Waals surface area contributed by atoms with Gasteiger partial charge in [-0.15, -0.1) is 0 Å². The van der Waals surface area contributed by atoms with Crippen molar-refractivity contribution in [1.82, 2.24) is 0 Å². The molecule has 0 N–H and O–H groups in total. The molecule has 3 rings (SSSR count). The van der Waals surface area contributed by atoms with Crippen molar-refractivity contribution in [2.24, 2.45) is 11.3 Å². The molecule has 2 aliphatic rings. The Balaban J connectivity index is 1.67. The minimum absolute atomic E-state index is 0.432. The Hall–Kier alpha value is -0.920. The second-order valence-corrected chi connectivity index (χ2v) is 6.46. The maximum absolute atomic E-state index is 13.2. The van der Waals surface area contributed by atoms with E-state index in [0.29, 0.717) is 11.3 Å². The quantitative estimate of drug-likeness (QED) is 0.655. The summed E-state index contributed by atoms with van der Waals surface area (Å²) in [7, 11) is 0. The Morgan fingerprint density at radius 2 is 1.72 bits per heavy atom. The van der Waals surface area contributed by atoms with Gasteiger partial charge in [0.15, 0.2) is 11.6 Å². The van der Waals surface area contributed by atoms with E-state index in [0.717, 1.165) is 24.3 Å². The van der Waals surface area contributed by atoms with Gasteiger partial charge in [0.25, 0.3) is 0 Å². The molecule has 2 heteroatoms. The summed E-state index contributed by atoms with van der Waals surface area (Å²) in [6.07, 6.45) is 7.55. The van der Waals surface area contributed by atoms with Gasteiger partial charge in [0.05, 0.1) is 0 Å². The zero-order chi connectivity index (χ0) is 12.8. The van der Waals surface area contributed by atoms with Crippen LogP contribution in [0.5, 0.6) is 0 Å². The number of rotatable bonds is 1. The molecule has 0 bridgehead atoms. The lowest BCUT2D eigenvalue weighted by Crippen LogP contribution is -2.38. The van der Waals surface area contributed by atoms with Crippen LogP contribution >= 0.6 is 0 Å². The Morgan fingerprint density at radius 3 is 2.28 bits per heavy atom. The Bertz CT molecular complexity index is 436. The van der Waals surface area contributed by atoms with Crippen LogP contribution in [0.2, 0.25) is 0 Å². The number of benzene rings is 1. The van der Waals surface area contributed by atoms with Gasteiger partial charge in [-0.05, 0) is 73.5 Å². The molecule has 2 aliphatic carbocycles. The van der Waals surface area contributed by atoms with Crippen LogP contribution in [0, 0.1) is 23.0 Å². The average Bonchev–Trinajstić information content (AvgIpc) is 2.32. The highest BCUT2D eigenvalue weighted by atomic mass is 19.2. The van der Waals surface area contributed by atoms with Gasteiger partial charge in [0.2, 0.25) is 0 Å². The van der Waals surface area contributed by atoms with Crippen molar-refractivity contribution in [1.29, 1.82) is 0 Å². The second kappa shape index (κ2) is 4.32. The van der Waals surface area contributed by atoms with E-state index in [-0.39, 0.29) is 0 Å². The molecule has 98 valence electrons. The average molecular weight is 250 g/mol. The Morgan fingerprint density at radius 1 is 1.06 bits per heavy atom. The van der Waals surface area contributed by atoms with E-state index < -0.39 is 11.6 Å². The molecular formula is C16H20F2. The van der Waals surface area contributed by atoms with Crippen molar-refractivity contribution >= 4 is 0 Å². The van der Waals surface area contributed by atoms with E-state index in [4.69, 9.17) is 0 Å². The fourth-order valence-corrected chi connectivity index (χ4v) is 4.16. The van der Waals surface area contributed by atoms with Crippen molar-refractivity contribution in [2.45, 2.75) is 51.4 Å². The van der Waals surface area contributed by atoms with Crippen molar-refractivity contribution < 1.29 is 8.78 Å². The van der Waals surface area contributed by atoms with Gasteiger partial charge in [0, 0.05) is 0 Å². The summed E-state index contributed by atoms with van der Waals surface area (Å²) in [5.74, 6) is -0.115. The third-order valence-corrected chi connectivity index (χ3v) is 5.02. The summed E-state index contributed by atoms with van der Waals surface area (Å²) in [5, 5.41) is 0. The van der Waals surface area contributed by atoms with Crippen molar-refractivity contribution in [2.75, 3.05) is 0 Å².